The monoisotopic (exact) mass is 345 g/mol. The number of piperidine rings is 1. The molecular weight excluding hydrogens is 310 g/mol. The molecule has 3 rings (SSSR count). The zero-order valence-corrected chi connectivity index (χ0v) is 15.8. The highest BCUT2D eigenvalue weighted by Gasteiger charge is 2.21. The van der Waals surface area contributed by atoms with E-state index in [0.717, 1.165) is 25.2 Å². The summed E-state index contributed by atoms with van der Waals surface area (Å²) in [7, 11) is 0. The van der Waals surface area contributed by atoms with Gasteiger partial charge in [-0.05, 0) is 43.8 Å². The van der Waals surface area contributed by atoms with Gasteiger partial charge in [-0.1, -0.05) is 37.3 Å². The molecular formula is C21H35N3O. The first-order valence-corrected chi connectivity index (χ1v) is 9.94. The Morgan fingerprint density at radius 2 is 1.68 bits per heavy atom. The van der Waals surface area contributed by atoms with Crippen molar-refractivity contribution in [3.8, 4) is 0 Å². The van der Waals surface area contributed by atoms with Crippen molar-refractivity contribution in [3.05, 3.63) is 35.9 Å². The standard InChI is InChI=1S/C17H27N3.C4H8O/c1-2-4-16(5-3-1)14-19-10-12-20(13-11-19)15-17-6-8-18-9-7-17;1-2-3-4-5/h1-5,17-18H,6-15H2;4H,2-3H2,1H3. The Morgan fingerprint density at radius 1 is 1.04 bits per heavy atom. The third-order valence-corrected chi connectivity index (χ3v) is 5.10. The molecule has 0 unspecified atom stereocenters. The van der Waals surface area contributed by atoms with E-state index in [2.05, 4.69) is 45.4 Å². The van der Waals surface area contributed by atoms with Gasteiger partial charge >= 0.3 is 0 Å². The van der Waals surface area contributed by atoms with Gasteiger partial charge in [-0.25, -0.2) is 0 Å². The van der Waals surface area contributed by atoms with Gasteiger partial charge in [0.25, 0.3) is 0 Å². The molecule has 2 saturated heterocycles. The van der Waals surface area contributed by atoms with E-state index in [1.807, 2.05) is 6.92 Å². The number of carbonyl (C=O) groups excluding carboxylic acids is 1. The highest BCUT2D eigenvalue weighted by molar-refractivity contribution is 5.48. The lowest BCUT2D eigenvalue weighted by molar-refractivity contribution is -0.107. The van der Waals surface area contributed by atoms with Gasteiger partial charge in [-0.3, -0.25) is 4.90 Å². The third-order valence-electron chi connectivity index (χ3n) is 5.10. The fourth-order valence-corrected chi connectivity index (χ4v) is 3.52. The summed E-state index contributed by atoms with van der Waals surface area (Å²) >= 11 is 0. The lowest BCUT2D eigenvalue weighted by atomic mass is 9.97. The summed E-state index contributed by atoms with van der Waals surface area (Å²) in [5.74, 6) is 0.928. The van der Waals surface area contributed by atoms with Gasteiger partial charge in [-0.2, -0.15) is 0 Å². The minimum absolute atomic E-state index is 0.708. The molecule has 0 saturated carbocycles. The van der Waals surface area contributed by atoms with Crippen molar-refractivity contribution in [1.29, 1.82) is 0 Å². The topological polar surface area (TPSA) is 35.6 Å². The molecule has 0 amide bonds. The Balaban J connectivity index is 0.000000399. The van der Waals surface area contributed by atoms with E-state index >= 15 is 0 Å². The lowest BCUT2D eigenvalue weighted by Crippen LogP contribution is -2.48. The highest BCUT2D eigenvalue weighted by atomic mass is 16.1. The van der Waals surface area contributed by atoms with Crippen LogP contribution >= 0.6 is 0 Å². The van der Waals surface area contributed by atoms with E-state index in [1.165, 1.54) is 64.2 Å². The molecule has 2 aliphatic heterocycles. The van der Waals surface area contributed by atoms with Crippen LogP contribution in [0.5, 0.6) is 0 Å². The van der Waals surface area contributed by atoms with E-state index in [9.17, 15) is 4.79 Å². The normalized spacial score (nSPS) is 19.9. The molecule has 4 heteroatoms. The van der Waals surface area contributed by atoms with E-state index in [4.69, 9.17) is 0 Å². The Bertz CT molecular complexity index is 451. The third kappa shape index (κ3) is 8.13. The van der Waals surface area contributed by atoms with Crippen LogP contribution in [0.1, 0.15) is 38.2 Å². The molecule has 140 valence electrons. The maximum Gasteiger partial charge on any atom is 0.119 e. The average molecular weight is 346 g/mol. The van der Waals surface area contributed by atoms with Gasteiger partial charge in [-0.15, -0.1) is 0 Å². The average Bonchev–Trinajstić information content (AvgIpc) is 2.66. The molecule has 4 nitrogen and oxygen atoms in total. The molecule has 1 aromatic carbocycles. The quantitative estimate of drug-likeness (QED) is 0.804. The van der Waals surface area contributed by atoms with Gasteiger partial charge in [0.05, 0.1) is 0 Å². The molecule has 2 heterocycles. The SMILES string of the molecule is CCCC=O.c1ccc(CN2CCN(CC3CCNCC3)CC2)cc1. The Morgan fingerprint density at radius 3 is 2.24 bits per heavy atom. The number of hydrogen-bond donors (Lipinski definition) is 1. The molecule has 25 heavy (non-hydrogen) atoms. The second-order valence-corrected chi connectivity index (χ2v) is 7.21. The van der Waals surface area contributed by atoms with Crippen LogP contribution in [0.25, 0.3) is 0 Å². The first kappa shape index (κ1) is 20.1. The van der Waals surface area contributed by atoms with Gasteiger partial charge in [0.1, 0.15) is 6.29 Å². The fourth-order valence-electron chi connectivity index (χ4n) is 3.52. The first-order chi connectivity index (χ1) is 12.3. The molecule has 0 spiro atoms. The number of nitrogens with zero attached hydrogens (tertiary/aromatic N) is 2. The first-order valence-electron chi connectivity index (χ1n) is 9.94. The van der Waals surface area contributed by atoms with Crippen molar-refractivity contribution in [2.75, 3.05) is 45.8 Å². The number of hydrogen-bond acceptors (Lipinski definition) is 4. The lowest BCUT2D eigenvalue weighted by Gasteiger charge is -2.37. The Hall–Kier alpha value is -1.23. The summed E-state index contributed by atoms with van der Waals surface area (Å²) in [5, 5.41) is 3.46. The fraction of sp³-hybridized carbons (Fsp3) is 0.667. The zero-order chi connectivity index (χ0) is 17.7. The van der Waals surface area contributed by atoms with E-state index in [1.54, 1.807) is 0 Å². The van der Waals surface area contributed by atoms with Crippen LogP contribution in [-0.4, -0.2) is 61.9 Å². The smallest absolute Gasteiger partial charge is 0.119 e. The molecule has 0 atom stereocenters. The molecule has 0 radical (unpaired) electrons. The Labute approximate surface area is 153 Å². The summed E-state index contributed by atoms with van der Waals surface area (Å²) < 4.78 is 0. The number of aldehydes is 1. The number of nitrogens with one attached hydrogen (secondary N) is 1. The van der Waals surface area contributed by atoms with Crippen LogP contribution in [0.15, 0.2) is 30.3 Å². The van der Waals surface area contributed by atoms with Crippen LogP contribution in [-0.2, 0) is 11.3 Å². The number of unbranched alkanes of at least 4 members (excludes halogenated alkanes) is 1. The largest absolute Gasteiger partial charge is 0.317 e. The minimum atomic E-state index is 0.708. The summed E-state index contributed by atoms with van der Waals surface area (Å²) in [6.07, 6.45) is 5.35. The van der Waals surface area contributed by atoms with Gasteiger partial charge in [0.15, 0.2) is 0 Å². The molecule has 1 aromatic rings. The van der Waals surface area contributed by atoms with E-state index in [0.29, 0.717) is 6.42 Å². The molecule has 0 bridgehead atoms. The molecule has 0 aromatic heterocycles. The predicted octanol–water partition coefficient (Wildman–Crippen LogP) is 2.79. The van der Waals surface area contributed by atoms with Gasteiger partial charge in [0, 0.05) is 45.7 Å². The second-order valence-electron chi connectivity index (χ2n) is 7.21. The maximum atomic E-state index is 9.40. The zero-order valence-electron chi connectivity index (χ0n) is 15.8. The van der Waals surface area contributed by atoms with Gasteiger partial charge < -0.3 is 15.0 Å². The summed E-state index contributed by atoms with van der Waals surface area (Å²) in [4.78, 5) is 14.7. The van der Waals surface area contributed by atoms with Crippen molar-refractivity contribution in [2.24, 2.45) is 5.92 Å². The summed E-state index contributed by atoms with van der Waals surface area (Å²) in [5.41, 5.74) is 1.44. The Kier molecular flexibility index (Phi) is 9.78. The number of carbonyl (C=O) groups is 1. The van der Waals surface area contributed by atoms with Crippen LogP contribution in [0.2, 0.25) is 0 Å². The maximum absolute atomic E-state index is 9.40. The van der Waals surface area contributed by atoms with E-state index < -0.39 is 0 Å². The minimum Gasteiger partial charge on any atom is -0.317 e. The summed E-state index contributed by atoms with van der Waals surface area (Å²) in [6, 6.07) is 10.9. The highest BCUT2D eigenvalue weighted by Crippen LogP contribution is 2.15. The number of rotatable bonds is 6. The molecule has 0 aliphatic carbocycles. The van der Waals surface area contributed by atoms with Crippen molar-refractivity contribution >= 4 is 6.29 Å². The van der Waals surface area contributed by atoms with Crippen molar-refractivity contribution in [2.45, 2.75) is 39.2 Å². The van der Waals surface area contributed by atoms with Crippen molar-refractivity contribution < 1.29 is 4.79 Å². The molecule has 2 aliphatic rings. The summed E-state index contributed by atoms with van der Waals surface area (Å²) in [6.45, 7) is 11.8. The van der Waals surface area contributed by atoms with Crippen LogP contribution < -0.4 is 5.32 Å². The van der Waals surface area contributed by atoms with E-state index in [-0.39, 0.29) is 0 Å². The van der Waals surface area contributed by atoms with Crippen molar-refractivity contribution in [3.63, 3.8) is 0 Å². The second kappa shape index (κ2) is 12.2. The molecule has 1 N–H and O–H groups in total. The predicted molar refractivity (Wildman–Crippen MR) is 105 cm³/mol. The number of benzene rings is 1. The van der Waals surface area contributed by atoms with Crippen LogP contribution in [0, 0.1) is 5.92 Å². The van der Waals surface area contributed by atoms with Crippen LogP contribution in [0.4, 0.5) is 0 Å². The number of piperazine rings is 1. The van der Waals surface area contributed by atoms with Crippen LogP contribution in [0.3, 0.4) is 0 Å². The van der Waals surface area contributed by atoms with Gasteiger partial charge in [0.2, 0.25) is 0 Å². The molecule has 2 fully saturated rings. The van der Waals surface area contributed by atoms with Crippen molar-refractivity contribution in [1.82, 2.24) is 15.1 Å².